The Labute approximate surface area is 95.7 Å². The van der Waals surface area contributed by atoms with E-state index in [0.29, 0.717) is 5.56 Å². The molecule has 7 heteroatoms. The van der Waals surface area contributed by atoms with Crippen LogP contribution in [-0.4, -0.2) is 31.3 Å². The van der Waals surface area contributed by atoms with E-state index in [9.17, 15) is 9.18 Å². The van der Waals surface area contributed by atoms with Gasteiger partial charge in [-0.1, -0.05) is 0 Å². The maximum absolute atomic E-state index is 12.7. The lowest BCUT2D eigenvalue weighted by Gasteiger charge is -2.01. The Bertz CT molecular complexity index is 537. The molecule has 0 saturated carbocycles. The summed E-state index contributed by atoms with van der Waals surface area (Å²) >= 11 is 0. The summed E-state index contributed by atoms with van der Waals surface area (Å²) in [5.41, 5.74) is 0.579. The van der Waals surface area contributed by atoms with Crippen LogP contribution >= 0.6 is 0 Å². The maximum atomic E-state index is 12.7. The van der Waals surface area contributed by atoms with Crippen LogP contribution in [-0.2, 0) is 4.79 Å². The average molecular weight is 236 g/mol. The number of tetrazole rings is 1. The molecule has 1 aromatic carbocycles. The van der Waals surface area contributed by atoms with Crippen molar-refractivity contribution in [3.05, 3.63) is 30.1 Å². The van der Waals surface area contributed by atoms with E-state index in [4.69, 9.17) is 5.11 Å². The molecule has 0 saturated heterocycles. The molecule has 2 aromatic rings. The normalized spacial score (nSPS) is 12.4. The minimum absolute atomic E-state index is 0.262. The van der Waals surface area contributed by atoms with Gasteiger partial charge in [0.15, 0.2) is 6.04 Å². The van der Waals surface area contributed by atoms with E-state index < -0.39 is 12.0 Å². The standard InChI is InChI=1S/C10H9FN4O2/c1-6(10(16)17)15-13-9(12-14-15)7-2-4-8(11)5-3-7/h2-6H,1H3,(H,16,17)/t6-/m0/s1. The molecule has 88 valence electrons. The average Bonchev–Trinajstić information content (AvgIpc) is 2.78. The number of hydrogen-bond donors (Lipinski definition) is 1. The number of aromatic nitrogens is 4. The highest BCUT2D eigenvalue weighted by atomic mass is 19.1. The van der Waals surface area contributed by atoms with Crippen molar-refractivity contribution in [2.24, 2.45) is 0 Å². The molecule has 0 bridgehead atoms. The molecule has 0 aliphatic carbocycles. The molecule has 1 aromatic heterocycles. The fraction of sp³-hybridized carbons (Fsp3) is 0.200. The van der Waals surface area contributed by atoms with Crippen LogP contribution in [0.2, 0.25) is 0 Å². The summed E-state index contributed by atoms with van der Waals surface area (Å²) in [6.45, 7) is 1.44. The lowest BCUT2D eigenvalue weighted by Crippen LogP contribution is -2.18. The first-order valence-corrected chi connectivity index (χ1v) is 4.86. The summed E-state index contributed by atoms with van der Waals surface area (Å²) < 4.78 is 12.7. The summed E-state index contributed by atoms with van der Waals surface area (Å²) in [7, 11) is 0. The van der Waals surface area contributed by atoms with Gasteiger partial charge in [-0.15, -0.1) is 15.0 Å². The van der Waals surface area contributed by atoms with Gasteiger partial charge in [-0.25, -0.2) is 9.18 Å². The van der Waals surface area contributed by atoms with E-state index in [-0.39, 0.29) is 11.6 Å². The number of hydrogen-bond acceptors (Lipinski definition) is 4. The highest BCUT2D eigenvalue weighted by molar-refractivity contribution is 5.71. The van der Waals surface area contributed by atoms with Crippen molar-refractivity contribution in [1.82, 2.24) is 20.2 Å². The van der Waals surface area contributed by atoms with Gasteiger partial charge in [0.2, 0.25) is 5.82 Å². The van der Waals surface area contributed by atoms with Crippen LogP contribution in [0.1, 0.15) is 13.0 Å². The summed E-state index contributed by atoms with van der Waals surface area (Å²) in [5.74, 6) is -1.15. The monoisotopic (exact) mass is 236 g/mol. The summed E-state index contributed by atoms with van der Waals surface area (Å²) in [6, 6.07) is 4.66. The first-order valence-electron chi connectivity index (χ1n) is 4.86. The molecular weight excluding hydrogens is 227 g/mol. The molecule has 17 heavy (non-hydrogen) atoms. The zero-order chi connectivity index (χ0) is 12.4. The zero-order valence-electron chi connectivity index (χ0n) is 8.91. The Balaban J connectivity index is 2.29. The molecule has 0 radical (unpaired) electrons. The zero-order valence-corrected chi connectivity index (χ0v) is 8.91. The largest absolute Gasteiger partial charge is 0.480 e. The van der Waals surface area contributed by atoms with Crippen molar-refractivity contribution < 1.29 is 14.3 Å². The van der Waals surface area contributed by atoms with Gasteiger partial charge in [0.1, 0.15) is 5.82 Å². The van der Waals surface area contributed by atoms with Crippen molar-refractivity contribution >= 4 is 5.97 Å². The van der Waals surface area contributed by atoms with Gasteiger partial charge in [0.05, 0.1) is 0 Å². The Morgan fingerprint density at radius 1 is 1.41 bits per heavy atom. The van der Waals surface area contributed by atoms with Crippen LogP contribution in [0.4, 0.5) is 4.39 Å². The molecule has 1 N–H and O–H groups in total. The van der Waals surface area contributed by atoms with E-state index in [1.807, 2.05) is 0 Å². The highest BCUT2D eigenvalue weighted by Gasteiger charge is 2.17. The molecule has 1 atom stereocenters. The first-order chi connectivity index (χ1) is 8.08. The number of halogens is 1. The smallest absolute Gasteiger partial charge is 0.330 e. The topological polar surface area (TPSA) is 80.9 Å². The number of rotatable bonds is 3. The molecular formula is C10H9FN4O2. The lowest BCUT2D eigenvalue weighted by atomic mass is 10.2. The second-order valence-corrected chi connectivity index (χ2v) is 3.45. The lowest BCUT2D eigenvalue weighted by molar-refractivity contribution is -0.141. The maximum Gasteiger partial charge on any atom is 0.330 e. The van der Waals surface area contributed by atoms with E-state index in [2.05, 4.69) is 15.4 Å². The number of nitrogens with zero attached hydrogens (tertiary/aromatic N) is 4. The number of aliphatic carboxylic acids is 1. The third kappa shape index (κ3) is 2.27. The third-order valence-corrected chi connectivity index (χ3v) is 2.23. The molecule has 0 spiro atoms. The van der Waals surface area contributed by atoms with Crippen LogP contribution < -0.4 is 0 Å². The third-order valence-electron chi connectivity index (χ3n) is 2.23. The minimum atomic E-state index is -1.05. The fourth-order valence-electron chi connectivity index (χ4n) is 1.20. The van der Waals surface area contributed by atoms with Gasteiger partial charge in [-0.05, 0) is 36.4 Å². The molecule has 1 heterocycles. The number of carboxylic acids is 1. The van der Waals surface area contributed by atoms with E-state index in [1.54, 1.807) is 0 Å². The summed E-state index contributed by atoms with van der Waals surface area (Å²) in [6.07, 6.45) is 0. The minimum Gasteiger partial charge on any atom is -0.480 e. The van der Waals surface area contributed by atoms with Crippen molar-refractivity contribution in [3.8, 4) is 11.4 Å². The van der Waals surface area contributed by atoms with Crippen LogP contribution in [0.5, 0.6) is 0 Å². The first kappa shape index (κ1) is 11.2. The molecule has 0 aliphatic rings. The van der Waals surface area contributed by atoms with E-state index in [0.717, 1.165) is 4.80 Å². The fourth-order valence-corrected chi connectivity index (χ4v) is 1.20. The summed E-state index contributed by atoms with van der Waals surface area (Å²) in [4.78, 5) is 11.7. The van der Waals surface area contributed by atoms with Gasteiger partial charge in [-0.3, -0.25) is 0 Å². The predicted octanol–water partition coefficient (Wildman–Crippen LogP) is 1.12. The Hall–Kier alpha value is -2.31. The molecule has 0 aliphatic heterocycles. The molecule has 6 nitrogen and oxygen atoms in total. The van der Waals surface area contributed by atoms with Crippen LogP contribution in [0.15, 0.2) is 24.3 Å². The van der Waals surface area contributed by atoms with Crippen LogP contribution in [0.3, 0.4) is 0 Å². The second kappa shape index (κ2) is 4.28. The number of carbonyl (C=O) groups is 1. The predicted molar refractivity (Wildman–Crippen MR) is 55.6 cm³/mol. The van der Waals surface area contributed by atoms with Gasteiger partial charge in [-0.2, -0.15) is 0 Å². The summed E-state index contributed by atoms with van der Waals surface area (Å²) in [5, 5.41) is 20.0. The van der Waals surface area contributed by atoms with Crippen LogP contribution in [0.25, 0.3) is 11.4 Å². The number of benzene rings is 1. The quantitative estimate of drug-likeness (QED) is 0.863. The Kier molecular flexibility index (Phi) is 2.82. The highest BCUT2D eigenvalue weighted by Crippen LogP contribution is 2.14. The van der Waals surface area contributed by atoms with Crippen molar-refractivity contribution in [2.45, 2.75) is 13.0 Å². The molecule has 0 fully saturated rings. The molecule has 0 amide bonds. The SMILES string of the molecule is C[C@@H](C(=O)O)n1nnc(-c2ccc(F)cc2)n1. The number of carboxylic acid groups (broad SMARTS) is 1. The molecule has 0 unspecified atom stereocenters. The molecule has 2 rings (SSSR count). The Morgan fingerprint density at radius 2 is 2.06 bits per heavy atom. The van der Waals surface area contributed by atoms with Gasteiger partial charge in [0.25, 0.3) is 0 Å². The van der Waals surface area contributed by atoms with E-state index in [1.165, 1.54) is 31.2 Å². The van der Waals surface area contributed by atoms with Gasteiger partial charge in [0, 0.05) is 5.56 Å². The second-order valence-electron chi connectivity index (χ2n) is 3.45. The van der Waals surface area contributed by atoms with Gasteiger partial charge < -0.3 is 5.11 Å². The van der Waals surface area contributed by atoms with Gasteiger partial charge >= 0.3 is 5.97 Å². The van der Waals surface area contributed by atoms with E-state index >= 15 is 0 Å². The van der Waals surface area contributed by atoms with Crippen molar-refractivity contribution in [2.75, 3.05) is 0 Å². The Morgan fingerprint density at radius 3 is 2.65 bits per heavy atom. The van der Waals surface area contributed by atoms with Crippen LogP contribution in [0, 0.1) is 5.82 Å². The van der Waals surface area contributed by atoms with Crippen molar-refractivity contribution in [1.29, 1.82) is 0 Å². The van der Waals surface area contributed by atoms with Crippen molar-refractivity contribution in [3.63, 3.8) is 0 Å².